The first-order valence-electron chi connectivity index (χ1n) is 6.73. The molecule has 3 amide bonds. The van der Waals surface area contributed by atoms with E-state index in [0.717, 1.165) is 18.2 Å². The van der Waals surface area contributed by atoms with Crippen molar-refractivity contribution in [2.24, 2.45) is 5.73 Å². The molecule has 0 aromatic rings. The van der Waals surface area contributed by atoms with Crippen molar-refractivity contribution in [3.63, 3.8) is 0 Å². The summed E-state index contributed by atoms with van der Waals surface area (Å²) in [6.45, 7) is 7.50. The van der Waals surface area contributed by atoms with E-state index in [9.17, 15) is 28.8 Å². The Morgan fingerprint density at radius 1 is 1.00 bits per heavy atom. The maximum Gasteiger partial charge on any atom is 0.338 e. The van der Waals surface area contributed by atoms with Gasteiger partial charge in [-0.3, -0.25) is 19.7 Å². The molecule has 0 unspecified atom stereocenters. The molecule has 0 fully saturated rings. The molecule has 26 heavy (non-hydrogen) atoms. The number of ether oxygens (including phenoxy) is 1. The van der Waals surface area contributed by atoms with E-state index in [4.69, 9.17) is 5.11 Å². The van der Waals surface area contributed by atoms with E-state index in [0.29, 0.717) is 6.08 Å². The van der Waals surface area contributed by atoms with Crippen LogP contribution in [0.4, 0.5) is 0 Å². The van der Waals surface area contributed by atoms with Crippen molar-refractivity contribution in [3.05, 3.63) is 48.6 Å². The normalized spacial score (nSPS) is 13.5. The Balaban J connectivity index is 0. The molecule has 2 aliphatic rings. The largest absolute Gasteiger partial charge is 0.478 e. The molecular formula is C16H18N2O8. The summed E-state index contributed by atoms with van der Waals surface area (Å²) >= 11 is 0. The summed E-state index contributed by atoms with van der Waals surface area (Å²) in [5, 5.41) is 9.90. The summed E-state index contributed by atoms with van der Waals surface area (Å²) in [6, 6.07) is 0. The summed E-state index contributed by atoms with van der Waals surface area (Å²) in [7, 11) is 0. The SMILES string of the molecule is C=C(C)C.NC(=O)/C=C\C(=O)O.O=C1C=CC(=O)N1.O=C1C=CC(=O)O1. The minimum absolute atomic E-state index is 0.329. The molecule has 0 aromatic carbocycles. The molecule has 0 atom stereocenters. The molecule has 2 rings (SSSR count). The van der Waals surface area contributed by atoms with Gasteiger partial charge in [0, 0.05) is 36.5 Å². The van der Waals surface area contributed by atoms with E-state index in [2.05, 4.69) is 17.0 Å². The summed E-state index contributed by atoms with van der Waals surface area (Å²) < 4.78 is 3.97. The minimum Gasteiger partial charge on any atom is -0.478 e. The number of nitrogens with two attached hydrogens (primary N) is 1. The van der Waals surface area contributed by atoms with Crippen molar-refractivity contribution in [3.8, 4) is 0 Å². The number of carboxylic acid groups (broad SMARTS) is 1. The van der Waals surface area contributed by atoms with Gasteiger partial charge in [-0.2, -0.15) is 0 Å². The smallest absolute Gasteiger partial charge is 0.338 e. The van der Waals surface area contributed by atoms with E-state index in [1.165, 1.54) is 17.7 Å². The summed E-state index contributed by atoms with van der Waals surface area (Å²) in [5.74, 6) is -3.75. The van der Waals surface area contributed by atoms with E-state index in [1.54, 1.807) is 0 Å². The lowest BCUT2D eigenvalue weighted by atomic mass is 10.4. The number of nitrogens with one attached hydrogen (secondary N) is 1. The fraction of sp³-hybridized carbons (Fsp3) is 0.125. The zero-order chi connectivity index (χ0) is 20.7. The third kappa shape index (κ3) is 20.2. The Labute approximate surface area is 148 Å². The average molecular weight is 366 g/mol. The van der Waals surface area contributed by atoms with Gasteiger partial charge in [-0.25, -0.2) is 14.4 Å². The molecule has 0 spiro atoms. The predicted molar refractivity (Wildman–Crippen MR) is 89.0 cm³/mol. The molecule has 0 aliphatic carbocycles. The zero-order valence-corrected chi connectivity index (χ0v) is 14.1. The van der Waals surface area contributed by atoms with Crippen LogP contribution >= 0.6 is 0 Å². The summed E-state index contributed by atoms with van der Waals surface area (Å²) in [6.07, 6.45) is 6.03. The quantitative estimate of drug-likeness (QED) is 0.193. The highest BCUT2D eigenvalue weighted by Crippen LogP contribution is 1.92. The Bertz CT molecular complexity index is 598. The number of amides is 3. The maximum atomic E-state index is 10.0. The molecule has 0 bridgehead atoms. The second-order valence-electron chi connectivity index (χ2n) is 4.54. The molecule has 10 nitrogen and oxygen atoms in total. The monoisotopic (exact) mass is 366 g/mol. The number of cyclic esters (lactones) is 2. The van der Waals surface area contributed by atoms with Gasteiger partial charge in [0.2, 0.25) is 5.91 Å². The van der Waals surface area contributed by atoms with Crippen LogP contribution in [0.15, 0.2) is 48.6 Å². The van der Waals surface area contributed by atoms with E-state index in [-0.39, 0.29) is 11.8 Å². The van der Waals surface area contributed by atoms with Crippen LogP contribution in [0, 0.1) is 0 Å². The first kappa shape index (κ1) is 24.4. The van der Waals surface area contributed by atoms with Crippen molar-refractivity contribution in [1.82, 2.24) is 5.32 Å². The van der Waals surface area contributed by atoms with Crippen molar-refractivity contribution in [2.45, 2.75) is 13.8 Å². The molecule has 140 valence electrons. The molecular weight excluding hydrogens is 348 g/mol. The van der Waals surface area contributed by atoms with Gasteiger partial charge in [0.1, 0.15) is 0 Å². The van der Waals surface area contributed by atoms with E-state index in [1.807, 2.05) is 19.2 Å². The lowest BCUT2D eigenvalue weighted by Crippen LogP contribution is -2.19. The third-order valence-corrected chi connectivity index (χ3v) is 1.58. The highest BCUT2D eigenvalue weighted by atomic mass is 16.6. The van der Waals surface area contributed by atoms with Crippen molar-refractivity contribution < 1.29 is 38.6 Å². The van der Waals surface area contributed by atoms with Crippen LogP contribution < -0.4 is 11.1 Å². The molecule has 4 N–H and O–H groups in total. The Hall–Kier alpha value is -3.82. The van der Waals surface area contributed by atoms with Crippen LogP contribution in [0.3, 0.4) is 0 Å². The first-order chi connectivity index (χ1) is 11.9. The lowest BCUT2D eigenvalue weighted by molar-refractivity contribution is -0.150. The fourth-order valence-corrected chi connectivity index (χ4v) is 0.813. The third-order valence-electron chi connectivity index (χ3n) is 1.58. The standard InChI is InChI=1S/C4H5NO3.C4H3NO2.C4H2O3.C4H8/c5-3(6)1-2-4(7)8;6-3-1-2-4(7)5-3;5-3-1-2-4(6)7-3;1-4(2)3/h1-2H,(H2,5,6)(H,7,8);1-2H,(H,5,6,7);1-2H;1H2,2-3H3/b2-1-;;;. The zero-order valence-electron chi connectivity index (χ0n) is 14.1. The highest BCUT2D eigenvalue weighted by Gasteiger charge is 2.10. The van der Waals surface area contributed by atoms with Gasteiger partial charge in [-0.05, 0) is 13.8 Å². The van der Waals surface area contributed by atoms with Gasteiger partial charge >= 0.3 is 17.9 Å². The van der Waals surface area contributed by atoms with Crippen LogP contribution in [0.25, 0.3) is 0 Å². The number of carbonyl (C=O) groups excluding carboxylic acids is 5. The van der Waals surface area contributed by atoms with Gasteiger partial charge in [0.25, 0.3) is 11.8 Å². The van der Waals surface area contributed by atoms with Crippen LogP contribution in [-0.2, 0) is 33.5 Å². The number of carboxylic acids is 1. The van der Waals surface area contributed by atoms with E-state index >= 15 is 0 Å². The number of primary amides is 1. The Morgan fingerprint density at radius 2 is 1.38 bits per heavy atom. The van der Waals surface area contributed by atoms with Gasteiger partial charge in [-0.1, -0.05) is 5.57 Å². The summed E-state index contributed by atoms with van der Waals surface area (Å²) in [4.78, 5) is 59.3. The van der Waals surface area contributed by atoms with Crippen LogP contribution in [0.1, 0.15) is 13.8 Å². The number of carbonyl (C=O) groups is 6. The second-order valence-corrected chi connectivity index (χ2v) is 4.54. The first-order valence-corrected chi connectivity index (χ1v) is 6.73. The van der Waals surface area contributed by atoms with Crippen LogP contribution in [0.5, 0.6) is 0 Å². The van der Waals surface area contributed by atoms with Crippen molar-refractivity contribution in [1.29, 1.82) is 0 Å². The number of esters is 2. The highest BCUT2D eigenvalue weighted by molar-refractivity contribution is 6.12. The number of rotatable bonds is 2. The topological polar surface area (TPSA) is 170 Å². The predicted octanol–water partition coefficient (Wildman–Crippen LogP) is -0.480. The number of imide groups is 1. The number of hydrogen-bond acceptors (Lipinski definition) is 7. The molecule has 0 saturated carbocycles. The Kier molecular flexibility index (Phi) is 12.8. The number of hydrogen-bond donors (Lipinski definition) is 3. The number of allylic oxidation sites excluding steroid dienone is 1. The van der Waals surface area contributed by atoms with Gasteiger partial charge in [0.05, 0.1) is 0 Å². The molecule has 2 aliphatic heterocycles. The average Bonchev–Trinajstić information content (AvgIpc) is 3.05. The fourth-order valence-electron chi connectivity index (χ4n) is 0.813. The van der Waals surface area contributed by atoms with Gasteiger partial charge in [-0.15, -0.1) is 6.58 Å². The van der Waals surface area contributed by atoms with E-state index < -0.39 is 23.8 Å². The lowest BCUT2D eigenvalue weighted by Gasteiger charge is -1.80. The van der Waals surface area contributed by atoms with Crippen LogP contribution in [0.2, 0.25) is 0 Å². The van der Waals surface area contributed by atoms with Gasteiger partial charge < -0.3 is 15.6 Å². The van der Waals surface area contributed by atoms with Crippen molar-refractivity contribution >= 4 is 35.6 Å². The molecule has 0 saturated heterocycles. The molecule has 0 aromatic heterocycles. The molecule has 10 heteroatoms. The second kappa shape index (κ2) is 13.6. The summed E-state index contributed by atoms with van der Waals surface area (Å²) in [5.41, 5.74) is 5.72. The number of aliphatic carboxylic acids is 1. The molecule has 0 radical (unpaired) electrons. The molecule has 2 heterocycles. The van der Waals surface area contributed by atoms with Crippen molar-refractivity contribution in [2.75, 3.05) is 0 Å². The van der Waals surface area contributed by atoms with Crippen LogP contribution in [-0.4, -0.2) is 40.7 Å². The maximum absolute atomic E-state index is 10.0. The minimum atomic E-state index is -1.18. The Morgan fingerprint density at radius 3 is 1.50 bits per heavy atom. The van der Waals surface area contributed by atoms with Gasteiger partial charge in [0.15, 0.2) is 0 Å².